The van der Waals surface area contributed by atoms with Gasteiger partial charge in [-0.25, -0.2) is 0 Å². The fraction of sp³-hybridized carbons (Fsp3) is 0.667. The molecule has 4 nitrogen and oxygen atoms in total. The smallest absolute Gasteiger partial charge is 0.328 e. The number of allylic oxidation sites excluding steroid dienone is 6. The molecule has 0 bridgehead atoms. The number of rotatable bonds is 11. The molecule has 0 aromatic rings. The molecular weight excluding hydrogens is 311 g/mol. The second kappa shape index (κ2) is 11.8. The summed E-state index contributed by atoms with van der Waals surface area (Å²) >= 11 is 0. The fourth-order valence-electron chi connectivity index (χ4n) is 2.23. The largest absolute Gasteiger partial charge is 0.392 e. The van der Waals surface area contributed by atoms with Crippen molar-refractivity contribution in [2.75, 3.05) is 6.16 Å². The van der Waals surface area contributed by atoms with Crippen molar-refractivity contribution in [1.82, 2.24) is 0 Å². The van der Waals surface area contributed by atoms with Gasteiger partial charge in [-0.1, -0.05) is 34.9 Å². The van der Waals surface area contributed by atoms with E-state index in [2.05, 4.69) is 45.9 Å². The molecule has 3 N–H and O–H groups in total. The lowest BCUT2D eigenvalue weighted by atomic mass is 10.1. The summed E-state index contributed by atoms with van der Waals surface area (Å²) in [6.45, 7) is 8.45. The van der Waals surface area contributed by atoms with Crippen LogP contribution in [0.1, 0.15) is 66.2 Å². The molecule has 0 radical (unpaired) electrons. The molecule has 1 atom stereocenters. The highest BCUT2D eigenvalue weighted by atomic mass is 31.2. The van der Waals surface area contributed by atoms with Crippen LogP contribution in [0.15, 0.2) is 34.9 Å². The van der Waals surface area contributed by atoms with Crippen LogP contribution in [0.4, 0.5) is 0 Å². The average Bonchev–Trinajstić information content (AvgIpc) is 2.35. The first kappa shape index (κ1) is 22.3. The second-order valence-electron chi connectivity index (χ2n) is 6.54. The van der Waals surface area contributed by atoms with E-state index in [4.69, 9.17) is 9.79 Å². The van der Waals surface area contributed by atoms with Crippen LogP contribution < -0.4 is 0 Å². The van der Waals surface area contributed by atoms with Gasteiger partial charge < -0.3 is 14.9 Å². The van der Waals surface area contributed by atoms with Gasteiger partial charge in [0.2, 0.25) is 0 Å². The molecule has 0 heterocycles. The van der Waals surface area contributed by atoms with Gasteiger partial charge in [0.25, 0.3) is 0 Å². The first-order chi connectivity index (χ1) is 10.6. The maximum Gasteiger partial charge on any atom is 0.328 e. The molecule has 0 saturated heterocycles. The van der Waals surface area contributed by atoms with Gasteiger partial charge in [-0.3, -0.25) is 4.57 Å². The van der Waals surface area contributed by atoms with Crippen LogP contribution in [-0.4, -0.2) is 27.2 Å². The quantitative estimate of drug-likeness (QED) is 0.374. The molecule has 0 amide bonds. The Morgan fingerprint density at radius 2 is 1.39 bits per heavy atom. The van der Waals surface area contributed by atoms with Crippen molar-refractivity contribution in [2.45, 2.75) is 72.3 Å². The van der Waals surface area contributed by atoms with Gasteiger partial charge in [0.1, 0.15) is 0 Å². The summed E-state index contributed by atoms with van der Waals surface area (Å²) in [5, 5.41) is 9.53. The maximum atomic E-state index is 10.8. The van der Waals surface area contributed by atoms with Crippen LogP contribution in [0, 0.1) is 0 Å². The van der Waals surface area contributed by atoms with Crippen molar-refractivity contribution in [2.24, 2.45) is 0 Å². The third-order valence-electron chi connectivity index (χ3n) is 3.56. The van der Waals surface area contributed by atoms with Crippen LogP contribution in [0.5, 0.6) is 0 Å². The zero-order chi connectivity index (χ0) is 17.9. The minimum atomic E-state index is -4.11. The van der Waals surface area contributed by atoms with Gasteiger partial charge in [-0.2, -0.15) is 0 Å². The SMILES string of the molecule is CC(C)=CCCC(C)=CCCC(C)=CCCC(O)CP(=O)(O)O. The fourth-order valence-corrected chi connectivity index (χ4v) is 2.96. The molecule has 0 fully saturated rings. The lowest BCUT2D eigenvalue weighted by Crippen LogP contribution is -2.12. The Morgan fingerprint density at radius 1 is 0.913 bits per heavy atom. The van der Waals surface area contributed by atoms with E-state index in [9.17, 15) is 9.67 Å². The monoisotopic (exact) mass is 344 g/mol. The van der Waals surface area contributed by atoms with Crippen molar-refractivity contribution in [3.8, 4) is 0 Å². The van der Waals surface area contributed by atoms with Crippen molar-refractivity contribution in [1.29, 1.82) is 0 Å². The summed E-state index contributed by atoms with van der Waals surface area (Å²) in [6.07, 6.45) is 10.4. The number of hydrogen-bond acceptors (Lipinski definition) is 2. The van der Waals surface area contributed by atoms with Crippen LogP contribution >= 0.6 is 7.60 Å². The van der Waals surface area contributed by atoms with E-state index in [1.54, 1.807) is 0 Å². The van der Waals surface area contributed by atoms with Gasteiger partial charge in [-0.05, 0) is 66.2 Å². The molecule has 5 heteroatoms. The molecule has 0 aliphatic rings. The van der Waals surface area contributed by atoms with E-state index in [1.165, 1.54) is 16.7 Å². The van der Waals surface area contributed by atoms with Crippen LogP contribution in [-0.2, 0) is 4.57 Å². The Balaban J connectivity index is 3.98. The maximum absolute atomic E-state index is 10.8. The Kier molecular flexibility index (Phi) is 11.5. The molecule has 0 aliphatic heterocycles. The Hall–Kier alpha value is -0.670. The molecule has 0 aromatic carbocycles. The molecule has 0 spiro atoms. The van der Waals surface area contributed by atoms with E-state index in [1.807, 2.05) is 0 Å². The molecule has 23 heavy (non-hydrogen) atoms. The molecule has 0 rings (SSSR count). The Bertz CT molecular complexity index is 467. The zero-order valence-corrected chi connectivity index (χ0v) is 15.9. The highest BCUT2D eigenvalue weighted by Crippen LogP contribution is 2.35. The van der Waals surface area contributed by atoms with Crippen molar-refractivity contribution < 1.29 is 19.5 Å². The van der Waals surface area contributed by atoms with E-state index >= 15 is 0 Å². The molecule has 0 aromatic heterocycles. The third kappa shape index (κ3) is 16.0. The van der Waals surface area contributed by atoms with Crippen molar-refractivity contribution in [3.05, 3.63) is 34.9 Å². The number of hydrogen-bond donors (Lipinski definition) is 3. The second-order valence-corrected chi connectivity index (χ2v) is 8.23. The standard InChI is InChI=1S/C18H33O4P/c1-15(2)8-5-9-16(3)10-6-11-17(4)12-7-13-18(19)14-23(20,21)22/h8,10,12,18-19H,5-7,9,11,13-14H2,1-4H3,(H2,20,21,22). The highest BCUT2D eigenvalue weighted by molar-refractivity contribution is 7.51. The minimum Gasteiger partial charge on any atom is -0.392 e. The van der Waals surface area contributed by atoms with Crippen LogP contribution in [0.2, 0.25) is 0 Å². The molecule has 0 saturated carbocycles. The van der Waals surface area contributed by atoms with E-state index in [-0.39, 0.29) is 0 Å². The van der Waals surface area contributed by atoms with Gasteiger partial charge in [0.05, 0.1) is 12.3 Å². The van der Waals surface area contributed by atoms with Gasteiger partial charge >= 0.3 is 7.60 Å². The Morgan fingerprint density at radius 3 is 1.87 bits per heavy atom. The van der Waals surface area contributed by atoms with Gasteiger partial charge in [0, 0.05) is 0 Å². The summed E-state index contributed by atoms with van der Waals surface area (Å²) in [5.41, 5.74) is 4.02. The summed E-state index contributed by atoms with van der Waals surface area (Å²) in [5.74, 6) is 0. The average molecular weight is 344 g/mol. The first-order valence-corrected chi connectivity index (χ1v) is 10.1. The summed E-state index contributed by atoms with van der Waals surface area (Å²) < 4.78 is 10.8. The topological polar surface area (TPSA) is 77.8 Å². The van der Waals surface area contributed by atoms with Crippen LogP contribution in [0.3, 0.4) is 0 Å². The summed E-state index contributed by atoms with van der Waals surface area (Å²) in [4.78, 5) is 17.6. The Labute approximate surface area is 141 Å². The molecule has 0 aliphatic carbocycles. The zero-order valence-electron chi connectivity index (χ0n) is 15.0. The minimum absolute atomic E-state index is 0.389. The van der Waals surface area contributed by atoms with Crippen LogP contribution in [0.25, 0.3) is 0 Å². The third-order valence-corrected chi connectivity index (χ3v) is 4.46. The van der Waals surface area contributed by atoms with E-state index in [0.717, 1.165) is 25.7 Å². The highest BCUT2D eigenvalue weighted by Gasteiger charge is 2.18. The summed E-state index contributed by atoms with van der Waals surface area (Å²) in [7, 11) is -4.11. The number of aliphatic hydroxyl groups is 1. The normalized spacial score (nSPS) is 14.7. The van der Waals surface area contributed by atoms with Crippen molar-refractivity contribution in [3.63, 3.8) is 0 Å². The molecular formula is C18H33O4P. The lowest BCUT2D eigenvalue weighted by Gasteiger charge is -2.10. The predicted octanol–water partition coefficient (Wildman–Crippen LogP) is 4.72. The van der Waals surface area contributed by atoms with E-state index in [0.29, 0.717) is 12.8 Å². The summed E-state index contributed by atoms with van der Waals surface area (Å²) in [6, 6.07) is 0. The van der Waals surface area contributed by atoms with Gasteiger partial charge in [0.15, 0.2) is 0 Å². The first-order valence-electron chi connectivity index (χ1n) is 8.27. The van der Waals surface area contributed by atoms with Crippen molar-refractivity contribution >= 4 is 7.60 Å². The molecule has 1 unspecified atom stereocenters. The number of aliphatic hydroxyl groups excluding tert-OH is 1. The van der Waals surface area contributed by atoms with E-state index < -0.39 is 19.9 Å². The van der Waals surface area contributed by atoms with Gasteiger partial charge in [-0.15, -0.1) is 0 Å². The predicted molar refractivity (Wildman–Crippen MR) is 97.6 cm³/mol. The lowest BCUT2D eigenvalue weighted by molar-refractivity contribution is 0.180. The molecule has 134 valence electrons.